The first-order valence-electron chi connectivity index (χ1n) is 5.87. The molecule has 0 spiro atoms. The number of likely N-dealkylation sites (tertiary alicyclic amines) is 1. The van der Waals surface area contributed by atoms with Gasteiger partial charge in [0.15, 0.2) is 0 Å². The number of nitrogens with two attached hydrogens (primary N) is 1. The normalized spacial score (nSPS) is 31.7. The van der Waals surface area contributed by atoms with Gasteiger partial charge in [-0.3, -0.25) is 4.90 Å². The summed E-state index contributed by atoms with van der Waals surface area (Å²) in [6.45, 7) is 9.19. The molecule has 1 rings (SSSR count). The van der Waals surface area contributed by atoms with Crippen LogP contribution in [0.25, 0.3) is 0 Å². The Labute approximate surface area is 88.8 Å². The van der Waals surface area contributed by atoms with Crippen molar-refractivity contribution in [2.24, 2.45) is 5.73 Å². The Morgan fingerprint density at radius 2 is 1.71 bits per heavy atom. The number of hydrogen-bond acceptors (Lipinski definition) is 2. The van der Waals surface area contributed by atoms with Gasteiger partial charge in [-0.2, -0.15) is 0 Å². The number of rotatable bonds is 2. The van der Waals surface area contributed by atoms with Crippen LogP contribution in [-0.2, 0) is 0 Å². The third-order valence-corrected chi connectivity index (χ3v) is 4.34. The summed E-state index contributed by atoms with van der Waals surface area (Å²) in [6.07, 6.45) is 4.68. The second-order valence-corrected chi connectivity index (χ2v) is 5.47. The van der Waals surface area contributed by atoms with Crippen molar-refractivity contribution in [3.8, 4) is 0 Å². The first-order chi connectivity index (χ1) is 6.38. The molecule has 0 aliphatic carbocycles. The number of hydrogen-bond donors (Lipinski definition) is 1. The van der Waals surface area contributed by atoms with Crippen molar-refractivity contribution in [2.75, 3.05) is 7.05 Å². The van der Waals surface area contributed by atoms with E-state index in [1.807, 2.05) is 0 Å². The Hall–Kier alpha value is -0.0800. The van der Waals surface area contributed by atoms with Crippen LogP contribution < -0.4 is 5.73 Å². The van der Waals surface area contributed by atoms with Gasteiger partial charge in [0.2, 0.25) is 0 Å². The maximum absolute atomic E-state index is 6.17. The first kappa shape index (κ1) is 12.0. The first-order valence-corrected chi connectivity index (χ1v) is 5.87. The van der Waals surface area contributed by atoms with Crippen LogP contribution in [0.3, 0.4) is 0 Å². The Kier molecular flexibility index (Phi) is 3.27. The minimum atomic E-state index is 0.254. The van der Waals surface area contributed by atoms with Gasteiger partial charge in [-0.1, -0.05) is 13.8 Å². The predicted molar refractivity (Wildman–Crippen MR) is 62.4 cm³/mol. The molecule has 2 nitrogen and oxygen atoms in total. The van der Waals surface area contributed by atoms with Crippen LogP contribution in [0.1, 0.15) is 53.4 Å². The van der Waals surface area contributed by atoms with Gasteiger partial charge in [0, 0.05) is 17.1 Å². The molecule has 0 saturated carbocycles. The molecule has 2 heteroatoms. The minimum Gasteiger partial charge on any atom is -0.328 e. The average molecular weight is 198 g/mol. The third-order valence-electron chi connectivity index (χ3n) is 4.34. The molecule has 1 heterocycles. The molecule has 0 amide bonds. The van der Waals surface area contributed by atoms with Gasteiger partial charge < -0.3 is 5.73 Å². The molecule has 1 aliphatic heterocycles. The van der Waals surface area contributed by atoms with Gasteiger partial charge in [0.05, 0.1) is 0 Å². The maximum atomic E-state index is 6.17. The van der Waals surface area contributed by atoms with Crippen LogP contribution in [0, 0.1) is 0 Å². The lowest BCUT2D eigenvalue weighted by atomic mass is 9.73. The van der Waals surface area contributed by atoms with Crippen molar-refractivity contribution in [3.63, 3.8) is 0 Å². The van der Waals surface area contributed by atoms with Gasteiger partial charge in [0.1, 0.15) is 0 Å². The zero-order chi connectivity index (χ0) is 11.0. The summed E-state index contributed by atoms with van der Waals surface area (Å²) in [4.78, 5) is 2.56. The quantitative estimate of drug-likeness (QED) is 0.738. The van der Waals surface area contributed by atoms with Crippen LogP contribution in [0.4, 0.5) is 0 Å². The fourth-order valence-corrected chi connectivity index (χ4v) is 3.13. The predicted octanol–water partition coefficient (Wildman–Crippen LogP) is 2.38. The molecule has 1 fully saturated rings. The lowest BCUT2D eigenvalue weighted by Crippen LogP contribution is -2.63. The van der Waals surface area contributed by atoms with E-state index in [-0.39, 0.29) is 5.54 Å². The Bertz CT molecular complexity index is 194. The summed E-state index contributed by atoms with van der Waals surface area (Å²) in [5.74, 6) is 0. The molecule has 1 unspecified atom stereocenters. The highest BCUT2D eigenvalue weighted by atomic mass is 15.2. The monoisotopic (exact) mass is 198 g/mol. The van der Waals surface area contributed by atoms with Gasteiger partial charge >= 0.3 is 0 Å². The van der Waals surface area contributed by atoms with Gasteiger partial charge in [-0.05, 0) is 46.6 Å². The third kappa shape index (κ3) is 1.82. The molecule has 0 radical (unpaired) electrons. The summed E-state index contributed by atoms with van der Waals surface area (Å²) in [7, 11) is 2.26. The molecule has 1 saturated heterocycles. The highest BCUT2D eigenvalue weighted by molar-refractivity contribution is 5.02. The van der Waals surface area contributed by atoms with Crippen LogP contribution in [0.5, 0.6) is 0 Å². The van der Waals surface area contributed by atoms with E-state index >= 15 is 0 Å². The summed E-state index contributed by atoms with van der Waals surface area (Å²) in [5, 5.41) is 0. The minimum absolute atomic E-state index is 0.254. The summed E-state index contributed by atoms with van der Waals surface area (Å²) < 4.78 is 0. The van der Waals surface area contributed by atoms with E-state index in [9.17, 15) is 0 Å². The molecule has 1 atom stereocenters. The summed E-state index contributed by atoms with van der Waals surface area (Å²) in [6, 6.07) is 0.376. The summed E-state index contributed by atoms with van der Waals surface area (Å²) >= 11 is 0. The fourth-order valence-electron chi connectivity index (χ4n) is 3.13. The molecule has 2 N–H and O–H groups in total. The van der Waals surface area contributed by atoms with E-state index in [0.29, 0.717) is 11.6 Å². The molecule has 0 aromatic rings. The van der Waals surface area contributed by atoms with Gasteiger partial charge in [0.25, 0.3) is 0 Å². The Morgan fingerprint density at radius 1 is 1.21 bits per heavy atom. The fraction of sp³-hybridized carbons (Fsp3) is 1.00. The second-order valence-electron chi connectivity index (χ2n) is 5.47. The van der Waals surface area contributed by atoms with Crippen LogP contribution >= 0.6 is 0 Å². The molecule has 84 valence electrons. The molecule has 14 heavy (non-hydrogen) atoms. The van der Waals surface area contributed by atoms with E-state index < -0.39 is 0 Å². The smallest absolute Gasteiger partial charge is 0.0221 e. The lowest BCUT2D eigenvalue weighted by Gasteiger charge is -2.55. The van der Waals surface area contributed by atoms with Crippen molar-refractivity contribution in [1.29, 1.82) is 0 Å². The summed E-state index contributed by atoms with van der Waals surface area (Å²) in [5.41, 5.74) is 6.76. The van der Waals surface area contributed by atoms with Crippen LogP contribution in [0.2, 0.25) is 0 Å². The van der Waals surface area contributed by atoms with E-state index in [1.165, 1.54) is 12.8 Å². The topological polar surface area (TPSA) is 29.3 Å². The van der Waals surface area contributed by atoms with E-state index in [1.54, 1.807) is 0 Å². The van der Waals surface area contributed by atoms with Crippen LogP contribution in [-0.4, -0.2) is 29.1 Å². The van der Waals surface area contributed by atoms with Gasteiger partial charge in [-0.15, -0.1) is 0 Å². The standard InChI is InChI=1S/C12H26N2/c1-6-12(7-2)9-10(13)8-11(3,4)14(12)5/h10H,6-9,13H2,1-5H3. The lowest BCUT2D eigenvalue weighted by molar-refractivity contribution is -0.0378. The second kappa shape index (κ2) is 3.82. The number of nitrogens with zero attached hydrogens (tertiary/aromatic N) is 1. The molecule has 0 aromatic heterocycles. The largest absolute Gasteiger partial charge is 0.328 e. The zero-order valence-electron chi connectivity index (χ0n) is 10.4. The van der Waals surface area contributed by atoms with Crippen molar-refractivity contribution in [3.05, 3.63) is 0 Å². The molecule has 0 bridgehead atoms. The van der Waals surface area contributed by atoms with Crippen molar-refractivity contribution in [2.45, 2.75) is 70.5 Å². The highest BCUT2D eigenvalue weighted by Crippen LogP contribution is 2.40. The highest BCUT2D eigenvalue weighted by Gasteiger charge is 2.45. The van der Waals surface area contributed by atoms with Crippen molar-refractivity contribution < 1.29 is 0 Å². The average Bonchev–Trinajstić information content (AvgIpc) is 2.11. The maximum Gasteiger partial charge on any atom is 0.0221 e. The van der Waals surface area contributed by atoms with E-state index in [2.05, 4.69) is 39.6 Å². The van der Waals surface area contributed by atoms with Crippen molar-refractivity contribution >= 4 is 0 Å². The molecule has 0 aromatic carbocycles. The van der Waals surface area contributed by atoms with Gasteiger partial charge in [-0.25, -0.2) is 0 Å². The Morgan fingerprint density at radius 3 is 2.14 bits per heavy atom. The number of piperidine rings is 1. The molecular formula is C12H26N2. The zero-order valence-corrected chi connectivity index (χ0v) is 10.4. The molecule has 1 aliphatic rings. The van der Waals surface area contributed by atoms with Crippen molar-refractivity contribution in [1.82, 2.24) is 4.90 Å². The van der Waals surface area contributed by atoms with E-state index in [4.69, 9.17) is 5.73 Å². The van der Waals surface area contributed by atoms with Crippen LogP contribution in [0.15, 0.2) is 0 Å². The van der Waals surface area contributed by atoms with E-state index in [0.717, 1.165) is 12.8 Å². The molecular weight excluding hydrogens is 172 g/mol. The SMILES string of the molecule is CCC1(CC)CC(N)CC(C)(C)N1C. The Balaban J connectivity index is 2.94.